The van der Waals surface area contributed by atoms with E-state index in [1.807, 2.05) is 57.2 Å². The van der Waals surface area contributed by atoms with Crippen molar-refractivity contribution in [1.29, 1.82) is 0 Å². The normalized spacial score (nSPS) is 11.6. The maximum absolute atomic E-state index is 12.7. The van der Waals surface area contributed by atoms with Gasteiger partial charge in [0.2, 0.25) is 0 Å². The van der Waals surface area contributed by atoms with Gasteiger partial charge in [0, 0.05) is 11.6 Å². The predicted molar refractivity (Wildman–Crippen MR) is 131 cm³/mol. The van der Waals surface area contributed by atoms with E-state index in [2.05, 4.69) is 5.32 Å². The highest BCUT2D eigenvalue weighted by Gasteiger charge is 2.15. The number of para-hydroxylation sites is 2. The van der Waals surface area contributed by atoms with E-state index in [9.17, 15) is 14.4 Å². The van der Waals surface area contributed by atoms with Crippen molar-refractivity contribution < 1.29 is 18.7 Å². The molecule has 0 bridgehead atoms. The molecule has 3 aromatic carbocycles. The molecule has 1 aromatic heterocycles. The maximum Gasteiger partial charge on any atom is 0.427 e. The number of ether oxygens (including phenoxy) is 1. The second-order valence-corrected chi connectivity index (χ2v) is 8.76. The number of amides is 1. The van der Waals surface area contributed by atoms with Gasteiger partial charge in [-0.25, -0.2) is 14.2 Å². The summed E-state index contributed by atoms with van der Waals surface area (Å²) >= 11 is 0. The predicted octanol–water partition coefficient (Wildman–Crippen LogP) is 5.50. The van der Waals surface area contributed by atoms with Crippen LogP contribution in [0.1, 0.15) is 31.1 Å². The Balaban J connectivity index is 1.49. The minimum Gasteiger partial charge on any atom is -0.410 e. The van der Waals surface area contributed by atoms with Crippen molar-refractivity contribution in [3.8, 4) is 16.9 Å². The lowest BCUT2D eigenvalue weighted by Crippen LogP contribution is -2.42. The molecule has 4 aromatic rings. The zero-order valence-electron chi connectivity index (χ0n) is 19.1. The molecule has 0 unspecified atom stereocenters. The number of hydrogen-bond acceptors (Lipinski definition) is 5. The number of nitrogens with zero attached hydrogens (tertiary/aromatic N) is 1. The van der Waals surface area contributed by atoms with E-state index < -0.39 is 17.8 Å². The second kappa shape index (κ2) is 9.23. The molecular formula is C27H24N2O5. The lowest BCUT2D eigenvalue weighted by Gasteiger charge is -2.19. The van der Waals surface area contributed by atoms with Crippen LogP contribution in [0.2, 0.25) is 0 Å². The van der Waals surface area contributed by atoms with Crippen molar-refractivity contribution >= 4 is 29.2 Å². The standard InChI is InChI=1S/C27H24N2O5/c1-27(2,3)28-25(31)33-21-14-12-19(13-15-21)20-8-6-7-18(17-20)11-16-24(30)29-22-9-4-5-10-23(22)34-26(29)32/h4-17H,1-3H3,(H,28,31)/b16-11+. The molecule has 0 atom stereocenters. The number of allylic oxidation sites excluding steroid dienone is 1. The summed E-state index contributed by atoms with van der Waals surface area (Å²) in [6.45, 7) is 5.63. The summed E-state index contributed by atoms with van der Waals surface area (Å²) in [5.41, 5.74) is 3.03. The van der Waals surface area contributed by atoms with E-state index in [1.165, 1.54) is 6.08 Å². The van der Waals surface area contributed by atoms with Crippen LogP contribution in [0, 0.1) is 0 Å². The zero-order chi connectivity index (χ0) is 24.3. The first-order valence-electron chi connectivity index (χ1n) is 10.7. The van der Waals surface area contributed by atoms with E-state index >= 15 is 0 Å². The first-order valence-corrected chi connectivity index (χ1v) is 10.7. The molecule has 0 spiro atoms. The second-order valence-electron chi connectivity index (χ2n) is 8.76. The van der Waals surface area contributed by atoms with Crippen molar-refractivity contribution in [3.05, 3.63) is 95.0 Å². The number of nitrogens with one attached hydrogen (secondary N) is 1. The lowest BCUT2D eigenvalue weighted by atomic mass is 10.0. The number of fused-ring (bicyclic) bond motifs is 1. The van der Waals surface area contributed by atoms with Crippen LogP contribution < -0.4 is 15.8 Å². The van der Waals surface area contributed by atoms with Crippen molar-refractivity contribution in [2.75, 3.05) is 0 Å². The van der Waals surface area contributed by atoms with Gasteiger partial charge in [-0.3, -0.25) is 4.79 Å². The quantitative estimate of drug-likeness (QED) is 0.410. The number of rotatable bonds is 4. The minimum absolute atomic E-state index is 0.361. The molecule has 1 heterocycles. The largest absolute Gasteiger partial charge is 0.427 e. The van der Waals surface area contributed by atoms with Crippen LogP contribution in [0.4, 0.5) is 4.79 Å². The number of hydrogen-bond donors (Lipinski definition) is 1. The van der Waals surface area contributed by atoms with E-state index in [-0.39, 0.29) is 5.54 Å². The molecule has 0 aliphatic carbocycles. The third-order valence-corrected chi connectivity index (χ3v) is 4.89. The zero-order valence-corrected chi connectivity index (χ0v) is 19.1. The highest BCUT2D eigenvalue weighted by Crippen LogP contribution is 2.24. The van der Waals surface area contributed by atoms with Gasteiger partial charge in [0.1, 0.15) is 5.75 Å². The Bertz CT molecular complexity index is 1440. The van der Waals surface area contributed by atoms with E-state index in [4.69, 9.17) is 9.15 Å². The fourth-order valence-corrected chi connectivity index (χ4v) is 3.39. The highest BCUT2D eigenvalue weighted by molar-refractivity contribution is 5.98. The smallest absolute Gasteiger partial charge is 0.410 e. The molecule has 7 heteroatoms. The Morgan fingerprint density at radius 2 is 1.68 bits per heavy atom. The number of carbonyl (C=O) groups excluding carboxylic acids is 2. The van der Waals surface area contributed by atoms with Crippen LogP contribution in [0.3, 0.4) is 0 Å². The Labute approximate surface area is 196 Å². The summed E-state index contributed by atoms with van der Waals surface area (Å²) in [4.78, 5) is 36.7. The number of oxazole rings is 1. The maximum atomic E-state index is 12.7. The first-order chi connectivity index (χ1) is 16.2. The van der Waals surface area contributed by atoms with Crippen LogP contribution in [-0.4, -0.2) is 22.1 Å². The molecule has 1 N–H and O–H groups in total. The van der Waals surface area contributed by atoms with E-state index in [0.717, 1.165) is 21.3 Å². The summed E-state index contributed by atoms with van der Waals surface area (Å²) in [7, 11) is 0. The topological polar surface area (TPSA) is 90.5 Å². The summed E-state index contributed by atoms with van der Waals surface area (Å²) in [5, 5.41) is 2.74. The Hall–Kier alpha value is -4.39. The van der Waals surface area contributed by atoms with Gasteiger partial charge in [-0.15, -0.1) is 0 Å². The molecule has 34 heavy (non-hydrogen) atoms. The van der Waals surface area contributed by atoms with Crippen LogP contribution in [0.15, 0.2) is 88.1 Å². The lowest BCUT2D eigenvalue weighted by molar-refractivity contribution is 0.0966. The molecule has 172 valence electrons. The third-order valence-electron chi connectivity index (χ3n) is 4.89. The van der Waals surface area contributed by atoms with Gasteiger partial charge < -0.3 is 14.5 Å². The van der Waals surface area contributed by atoms with Crippen molar-refractivity contribution in [1.82, 2.24) is 9.88 Å². The summed E-state index contributed by atoms with van der Waals surface area (Å²) in [6.07, 6.45) is 2.48. The highest BCUT2D eigenvalue weighted by atomic mass is 16.6. The SMILES string of the molecule is CC(C)(C)NC(=O)Oc1ccc(-c2cccc(/C=C/C(=O)n3c(=O)oc4ccccc43)c2)cc1. The van der Waals surface area contributed by atoms with Crippen molar-refractivity contribution in [3.63, 3.8) is 0 Å². The minimum atomic E-state index is -0.719. The third kappa shape index (κ3) is 5.32. The number of benzene rings is 3. The van der Waals surface area contributed by atoms with E-state index in [1.54, 1.807) is 42.5 Å². The van der Waals surface area contributed by atoms with Crippen LogP contribution in [-0.2, 0) is 0 Å². The van der Waals surface area contributed by atoms with Crippen LogP contribution in [0.5, 0.6) is 5.75 Å². The molecule has 0 saturated heterocycles. The molecular weight excluding hydrogens is 432 g/mol. The Morgan fingerprint density at radius 1 is 0.941 bits per heavy atom. The van der Waals surface area contributed by atoms with Gasteiger partial charge >= 0.3 is 11.8 Å². The van der Waals surface area contributed by atoms with Gasteiger partial charge in [-0.1, -0.05) is 42.5 Å². The molecule has 0 aliphatic rings. The van der Waals surface area contributed by atoms with Crippen molar-refractivity contribution in [2.24, 2.45) is 0 Å². The van der Waals surface area contributed by atoms with Crippen molar-refractivity contribution in [2.45, 2.75) is 26.3 Å². The monoisotopic (exact) mass is 456 g/mol. The Kier molecular flexibility index (Phi) is 6.19. The summed E-state index contributed by atoms with van der Waals surface area (Å²) in [5.74, 6) is -0.775. The van der Waals surface area contributed by atoms with E-state index in [0.29, 0.717) is 16.8 Å². The van der Waals surface area contributed by atoms with Gasteiger partial charge in [0.05, 0.1) is 5.52 Å². The first kappa shape index (κ1) is 22.8. The summed E-state index contributed by atoms with van der Waals surface area (Å²) in [6, 6.07) is 21.5. The van der Waals surface area contributed by atoms with Gasteiger partial charge in [0.25, 0.3) is 5.91 Å². The molecule has 0 saturated carbocycles. The van der Waals surface area contributed by atoms with Gasteiger partial charge in [-0.05, 0) is 73.9 Å². The fourth-order valence-electron chi connectivity index (χ4n) is 3.39. The summed E-state index contributed by atoms with van der Waals surface area (Å²) < 4.78 is 11.4. The average molecular weight is 456 g/mol. The average Bonchev–Trinajstić information content (AvgIpc) is 3.12. The number of carbonyl (C=O) groups is 2. The van der Waals surface area contributed by atoms with Crippen LogP contribution >= 0.6 is 0 Å². The molecule has 0 fully saturated rings. The van der Waals surface area contributed by atoms with Gasteiger partial charge in [-0.2, -0.15) is 0 Å². The fraction of sp³-hybridized carbons (Fsp3) is 0.148. The molecule has 4 rings (SSSR count). The van der Waals surface area contributed by atoms with Crippen LogP contribution in [0.25, 0.3) is 28.3 Å². The molecule has 0 radical (unpaired) electrons. The molecule has 1 amide bonds. The molecule has 7 nitrogen and oxygen atoms in total. The molecule has 0 aliphatic heterocycles. The number of aromatic nitrogens is 1. The van der Waals surface area contributed by atoms with Gasteiger partial charge in [0.15, 0.2) is 5.58 Å². The Morgan fingerprint density at radius 3 is 2.41 bits per heavy atom.